The van der Waals surface area contributed by atoms with E-state index in [1.165, 1.54) is 20.2 Å². The third-order valence-electron chi connectivity index (χ3n) is 3.79. The van der Waals surface area contributed by atoms with E-state index in [2.05, 4.69) is 57.8 Å². The first kappa shape index (κ1) is 17.2. The SMILES string of the molecule is CSc1ccc(CN(CCO)Cc2ccc(-c3ccn[nH]3)s2)cc1. The molecule has 0 saturated carbocycles. The molecule has 126 valence electrons. The Kier molecular flexibility index (Phi) is 6.09. The summed E-state index contributed by atoms with van der Waals surface area (Å²) in [6, 6.07) is 14.9. The Hall–Kier alpha value is -1.60. The number of hydrogen-bond donors (Lipinski definition) is 2. The summed E-state index contributed by atoms with van der Waals surface area (Å²) in [6.45, 7) is 2.51. The maximum Gasteiger partial charge on any atom is 0.0749 e. The summed E-state index contributed by atoms with van der Waals surface area (Å²) < 4.78 is 0. The molecule has 4 nitrogen and oxygen atoms in total. The van der Waals surface area contributed by atoms with Crippen molar-refractivity contribution >= 4 is 23.1 Å². The first-order valence-corrected chi connectivity index (χ1v) is 9.87. The lowest BCUT2D eigenvalue weighted by Crippen LogP contribution is -2.25. The van der Waals surface area contributed by atoms with Gasteiger partial charge in [0.1, 0.15) is 0 Å². The molecule has 24 heavy (non-hydrogen) atoms. The van der Waals surface area contributed by atoms with Crippen molar-refractivity contribution in [3.63, 3.8) is 0 Å². The van der Waals surface area contributed by atoms with E-state index in [1.807, 2.05) is 6.07 Å². The van der Waals surface area contributed by atoms with E-state index < -0.39 is 0 Å². The van der Waals surface area contributed by atoms with Crippen LogP contribution in [0.15, 0.2) is 53.6 Å². The monoisotopic (exact) mass is 359 g/mol. The van der Waals surface area contributed by atoms with Crippen LogP contribution < -0.4 is 0 Å². The minimum atomic E-state index is 0.168. The Labute approximate surface area is 150 Å². The number of aromatic amines is 1. The number of aliphatic hydroxyl groups is 1. The zero-order valence-corrected chi connectivity index (χ0v) is 15.2. The van der Waals surface area contributed by atoms with Gasteiger partial charge in [0.2, 0.25) is 0 Å². The van der Waals surface area contributed by atoms with Crippen LogP contribution in [-0.2, 0) is 13.1 Å². The number of aromatic nitrogens is 2. The smallest absolute Gasteiger partial charge is 0.0749 e. The Morgan fingerprint density at radius 2 is 1.96 bits per heavy atom. The van der Waals surface area contributed by atoms with Crippen molar-refractivity contribution in [3.8, 4) is 10.6 Å². The van der Waals surface area contributed by atoms with Crippen LogP contribution >= 0.6 is 23.1 Å². The molecule has 3 rings (SSSR count). The Morgan fingerprint density at radius 1 is 1.12 bits per heavy atom. The minimum Gasteiger partial charge on any atom is -0.395 e. The van der Waals surface area contributed by atoms with Crippen LogP contribution in [0.2, 0.25) is 0 Å². The van der Waals surface area contributed by atoms with Crippen LogP contribution in [0.25, 0.3) is 10.6 Å². The number of aliphatic hydroxyl groups excluding tert-OH is 1. The molecule has 0 spiro atoms. The van der Waals surface area contributed by atoms with Gasteiger partial charge in [-0.05, 0) is 42.2 Å². The van der Waals surface area contributed by atoms with Gasteiger partial charge in [0.15, 0.2) is 0 Å². The molecule has 0 aliphatic rings. The van der Waals surface area contributed by atoms with Crippen LogP contribution in [0, 0.1) is 0 Å². The van der Waals surface area contributed by atoms with Gasteiger partial charge in [0.05, 0.1) is 17.2 Å². The Morgan fingerprint density at radius 3 is 2.62 bits per heavy atom. The third kappa shape index (κ3) is 4.48. The van der Waals surface area contributed by atoms with Crippen molar-refractivity contribution < 1.29 is 5.11 Å². The average Bonchev–Trinajstić information content (AvgIpc) is 3.27. The second kappa shape index (κ2) is 8.48. The van der Waals surface area contributed by atoms with E-state index in [1.54, 1.807) is 29.3 Å². The fourth-order valence-corrected chi connectivity index (χ4v) is 4.00. The van der Waals surface area contributed by atoms with Gasteiger partial charge in [-0.3, -0.25) is 10.00 Å². The fourth-order valence-electron chi connectivity index (χ4n) is 2.57. The van der Waals surface area contributed by atoms with Gasteiger partial charge in [-0.25, -0.2) is 0 Å². The third-order valence-corrected chi connectivity index (χ3v) is 5.64. The zero-order valence-electron chi connectivity index (χ0n) is 13.6. The van der Waals surface area contributed by atoms with Gasteiger partial charge in [0.25, 0.3) is 0 Å². The molecular formula is C18H21N3OS2. The van der Waals surface area contributed by atoms with Crippen LogP contribution in [0.5, 0.6) is 0 Å². The average molecular weight is 360 g/mol. The summed E-state index contributed by atoms with van der Waals surface area (Å²) >= 11 is 3.51. The highest BCUT2D eigenvalue weighted by Gasteiger charge is 2.10. The second-order valence-electron chi connectivity index (χ2n) is 5.52. The number of benzene rings is 1. The first-order chi connectivity index (χ1) is 11.8. The van der Waals surface area contributed by atoms with Gasteiger partial charge < -0.3 is 5.11 Å². The van der Waals surface area contributed by atoms with Crippen molar-refractivity contribution in [2.75, 3.05) is 19.4 Å². The molecule has 0 fully saturated rings. The molecule has 0 unspecified atom stereocenters. The summed E-state index contributed by atoms with van der Waals surface area (Å²) in [5.41, 5.74) is 2.32. The predicted octanol–water partition coefficient (Wildman–Crippen LogP) is 3.85. The topological polar surface area (TPSA) is 52.1 Å². The summed E-state index contributed by atoms with van der Waals surface area (Å²) in [5.74, 6) is 0. The van der Waals surface area contributed by atoms with Crippen LogP contribution in [-0.4, -0.2) is 39.6 Å². The fraction of sp³-hybridized carbons (Fsp3) is 0.278. The molecule has 0 saturated heterocycles. The van der Waals surface area contributed by atoms with Crippen molar-refractivity contribution in [2.24, 2.45) is 0 Å². The highest BCUT2D eigenvalue weighted by atomic mass is 32.2. The maximum absolute atomic E-state index is 9.38. The molecular weight excluding hydrogens is 338 g/mol. The van der Waals surface area contributed by atoms with Crippen molar-refractivity contribution in [1.82, 2.24) is 15.1 Å². The molecule has 0 bridgehead atoms. The molecule has 2 N–H and O–H groups in total. The predicted molar refractivity (Wildman–Crippen MR) is 101 cm³/mol. The van der Waals surface area contributed by atoms with Crippen molar-refractivity contribution in [2.45, 2.75) is 18.0 Å². The van der Waals surface area contributed by atoms with Crippen molar-refractivity contribution in [1.29, 1.82) is 0 Å². The van der Waals surface area contributed by atoms with Gasteiger partial charge >= 0.3 is 0 Å². The number of rotatable bonds is 8. The lowest BCUT2D eigenvalue weighted by molar-refractivity contribution is 0.185. The highest BCUT2D eigenvalue weighted by molar-refractivity contribution is 7.98. The minimum absolute atomic E-state index is 0.168. The Balaban J connectivity index is 1.67. The normalized spacial score (nSPS) is 11.3. The summed E-state index contributed by atoms with van der Waals surface area (Å²) in [7, 11) is 0. The summed E-state index contributed by atoms with van der Waals surface area (Å²) in [4.78, 5) is 6.02. The largest absolute Gasteiger partial charge is 0.395 e. The molecule has 6 heteroatoms. The summed E-state index contributed by atoms with van der Waals surface area (Å²) in [6.07, 6.45) is 3.85. The molecule has 0 aliphatic carbocycles. The lowest BCUT2D eigenvalue weighted by atomic mass is 10.2. The van der Waals surface area contributed by atoms with E-state index in [9.17, 15) is 5.11 Å². The van der Waals surface area contributed by atoms with E-state index in [0.29, 0.717) is 6.54 Å². The van der Waals surface area contributed by atoms with E-state index >= 15 is 0 Å². The van der Waals surface area contributed by atoms with E-state index in [0.717, 1.165) is 18.8 Å². The molecule has 3 aromatic rings. The number of nitrogens with zero attached hydrogens (tertiary/aromatic N) is 2. The van der Waals surface area contributed by atoms with Gasteiger partial charge in [-0.1, -0.05) is 12.1 Å². The molecule has 2 aromatic heterocycles. The number of thioether (sulfide) groups is 1. The molecule has 0 radical (unpaired) electrons. The standard InChI is InChI=1S/C18H21N3OS2/c1-23-15-4-2-14(3-5-15)12-21(10-11-22)13-16-6-7-18(24-16)17-8-9-19-20-17/h2-9,22H,10-13H2,1H3,(H,19,20). The lowest BCUT2D eigenvalue weighted by Gasteiger charge is -2.20. The molecule has 1 aromatic carbocycles. The number of H-pyrrole nitrogens is 1. The number of hydrogen-bond acceptors (Lipinski definition) is 5. The van der Waals surface area contributed by atoms with Crippen molar-refractivity contribution in [3.05, 3.63) is 59.1 Å². The number of nitrogens with one attached hydrogen (secondary N) is 1. The first-order valence-electron chi connectivity index (χ1n) is 7.83. The van der Waals surface area contributed by atoms with Gasteiger partial charge in [0, 0.05) is 35.6 Å². The summed E-state index contributed by atoms with van der Waals surface area (Å²) in [5, 5.41) is 16.4. The highest BCUT2D eigenvalue weighted by Crippen LogP contribution is 2.27. The second-order valence-corrected chi connectivity index (χ2v) is 7.57. The van der Waals surface area contributed by atoms with Crippen LogP contribution in [0.4, 0.5) is 0 Å². The van der Waals surface area contributed by atoms with Gasteiger partial charge in [-0.15, -0.1) is 23.1 Å². The van der Waals surface area contributed by atoms with E-state index in [-0.39, 0.29) is 6.61 Å². The number of thiophene rings is 1. The van der Waals surface area contributed by atoms with E-state index in [4.69, 9.17) is 0 Å². The maximum atomic E-state index is 9.38. The quantitative estimate of drug-likeness (QED) is 0.600. The van der Waals surface area contributed by atoms with Crippen LogP contribution in [0.3, 0.4) is 0 Å². The zero-order chi connectivity index (χ0) is 16.8. The molecule has 0 atom stereocenters. The van der Waals surface area contributed by atoms with Crippen LogP contribution in [0.1, 0.15) is 10.4 Å². The Bertz CT molecular complexity index is 738. The molecule has 2 heterocycles. The molecule has 0 aliphatic heterocycles. The van der Waals surface area contributed by atoms with Gasteiger partial charge in [-0.2, -0.15) is 5.10 Å². The molecule has 0 amide bonds.